The molecule has 1 aromatic heterocycles. The van der Waals surface area contributed by atoms with Crippen LogP contribution in [0.1, 0.15) is 11.3 Å². The van der Waals surface area contributed by atoms with E-state index in [0.29, 0.717) is 0 Å². The highest BCUT2D eigenvalue weighted by molar-refractivity contribution is 9.10. The van der Waals surface area contributed by atoms with Crippen LogP contribution in [0.25, 0.3) is 0 Å². The molecule has 0 radical (unpaired) electrons. The highest BCUT2D eigenvalue weighted by Crippen LogP contribution is 2.20. The third kappa shape index (κ3) is 2.87. The maximum absolute atomic E-state index is 5.79. The SMILES string of the molecule is Nc1cc(CNCc2ccco2)ccc1Br. The Balaban J connectivity index is 1.87. The molecule has 0 aliphatic heterocycles. The fourth-order valence-electron chi connectivity index (χ4n) is 1.45. The third-order valence-corrected chi connectivity index (χ3v) is 2.99. The lowest BCUT2D eigenvalue weighted by molar-refractivity contribution is 0.483. The zero-order valence-electron chi connectivity index (χ0n) is 8.74. The Hall–Kier alpha value is -1.26. The quantitative estimate of drug-likeness (QED) is 0.847. The van der Waals surface area contributed by atoms with Crippen molar-refractivity contribution in [3.63, 3.8) is 0 Å². The Bertz CT molecular complexity index is 454. The molecule has 0 amide bonds. The maximum atomic E-state index is 5.79. The first kappa shape index (κ1) is 11.2. The van der Waals surface area contributed by atoms with Crippen LogP contribution in [-0.2, 0) is 13.1 Å². The van der Waals surface area contributed by atoms with Crippen LogP contribution in [0.2, 0.25) is 0 Å². The van der Waals surface area contributed by atoms with Gasteiger partial charge in [-0.05, 0) is 45.8 Å². The molecule has 84 valence electrons. The topological polar surface area (TPSA) is 51.2 Å². The minimum atomic E-state index is 0.725. The fraction of sp³-hybridized carbons (Fsp3) is 0.167. The van der Waals surface area contributed by atoms with Crippen LogP contribution in [0.3, 0.4) is 0 Å². The summed E-state index contributed by atoms with van der Waals surface area (Å²) in [5.74, 6) is 0.935. The van der Waals surface area contributed by atoms with Crippen LogP contribution < -0.4 is 11.1 Å². The molecule has 0 fully saturated rings. The molecule has 3 N–H and O–H groups in total. The van der Waals surface area contributed by atoms with Crippen LogP contribution in [0.5, 0.6) is 0 Å². The number of anilines is 1. The van der Waals surface area contributed by atoms with Crippen molar-refractivity contribution >= 4 is 21.6 Å². The normalized spacial score (nSPS) is 10.6. The second-order valence-electron chi connectivity index (χ2n) is 3.54. The number of hydrogen-bond acceptors (Lipinski definition) is 3. The molecule has 2 rings (SSSR count). The molecule has 0 spiro atoms. The fourth-order valence-corrected chi connectivity index (χ4v) is 1.69. The summed E-state index contributed by atoms with van der Waals surface area (Å²) in [4.78, 5) is 0. The summed E-state index contributed by atoms with van der Waals surface area (Å²) in [7, 11) is 0. The summed E-state index contributed by atoms with van der Waals surface area (Å²) in [5, 5.41) is 3.29. The molecule has 0 bridgehead atoms. The molecule has 0 saturated heterocycles. The van der Waals surface area contributed by atoms with Gasteiger partial charge in [-0.2, -0.15) is 0 Å². The lowest BCUT2D eigenvalue weighted by atomic mass is 10.2. The van der Waals surface area contributed by atoms with E-state index in [2.05, 4.69) is 21.2 Å². The molecule has 0 saturated carbocycles. The first-order chi connectivity index (χ1) is 7.75. The van der Waals surface area contributed by atoms with Crippen molar-refractivity contribution in [2.24, 2.45) is 0 Å². The second kappa shape index (κ2) is 5.18. The van der Waals surface area contributed by atoms with Crippen molar-refractivity contribution in [3.05, 3.63) is 52.4 Å². The van der Waals surface area contributed by atoms with Gasteiger partial charge < -0.3 is 15.5 Å². The van der Waals surface area contributed by atoms with Gasteiger partial charge in [0.05, 0.1) is 12.8 Å². The molecule has 0 aliphatic rings. The Morgan fingerprint density at radius 1 is 1.25 bits per heavy atom. The van der Waals surface area contributed by atoms with Gasteiger partial charge in [-0.3, -0.25) is 0 Å². The first-order valence-electron chi connectivity index (χ1n) is 5.03. The monoisotopic (exact) mass is 280 g/mol. The van der Waals surface area contributed by atoms with Gasteiger partial charge in [-0.15, -0.1) is 0 Å². The van der Waals surface area contributed by atoms with E-state index in [4.69, 9.17) is 10.2 Å². The van der Waals surface area contributed by atoms with Gasteiger partial charge in [0.1, 0.15) is 5.76 Å². The van der Waals surface area contributed by atoms with Gasteiger partial charge in [0.2, 0.25) is 0 Å². The lowest BCUT2D eigenvalue weighted by Gasteiger charge is -2.05. The van der Waals surface area contributed by atoms with Gasteiger partial charge in [-0.1, -0.05) is 6.07 Å². The number of hydrogen-bond donors (Lipinski definition) is 2. The number of nitrogen functional groups attached to an aromatic ring is 1. The molecule has 4 heteroatoms. The van der Waals surface area contributed by atoms with Crippen molar-refractivity contribution in [1.29, 1.82) is 0 Å². The van der Waals surface area contributed by atoms with E-state index < -0.39 is 0 Å². The summed E-state index contributed by atoms with van der Waals surface area (Å²) in [5.41, 5.74) is 7.71. The zero-order chi connectivity index (χ0) is 11.4. The van der Waals surface area contributed by atoms with Gasteiger partial charge in [-0.25, -0.2) is 0 Å². The van der Waals surface area contributed by atoms with Crippen molar-refractivity contribution in [2.75, 3.05) is 5.73 Å². The third-order valence-electron chi connectivity index (χ3n) is 2.27. The molecule has 0 aliphatic carbocycles. The lowest BCUT2D eigenvalue weighted by Crippen LogP contribution is -2.12. The number of nitrogens with two attached hydrogens (primary N) is 1. The Kier molecular flexibility index (Phi) is 3.64. The van der Waals surface area contributed by atoms with Crippen LogP contribution >= 0.6 is 15.9 Å². The molecule has 0 unspecified atom stereocenters. The highest BCUT2D eigenvalue weighted by atomic mass is 79.9. The highest BCUT2D eigenvalue weighted by Gasteiger charge is 1.99. The standard InChI is InChI=1S/C12H13BrN2O/c13-11-4-3-9(6-12(11)14)7-15-8-10-2-1-5-16-10/h1-6,15H,7-8,14H2. The van der Waals surface area contributed by atoms with Gasteiger partial charge in [0.15, 0.2) is 0 Å². The van der Waals surface area contributed by atoms with E-state index in [1.165, 1.54) is 0 Å². The van der Waals surface area contributed by atoms with Crippen LogP contribution in [-0.4, -0.2) is 0 Å². The van der Waals surface area contributed by atoms with Crippen LogP contribution in [0.15, 0.2) is 45.5 Å². The van der Waals surface area contributed by atoms with E-state index in [1.54, 1.807) is 6.26 Å². The molecule has 1 aromatic carbocycles. The molecule has 16 heavy (non-hydrogen) atoms. The summed E-state index contributed by atoms with van der Waals surface area (Å²) in [6.45, 7) is 1.50. The summed E-state index contributed by atoms with van der Waals surface area (Å²) in [6, 6.07) is 9.78. The van der Waals surface area contributed by atoms with Gasteiger partial charge >= 0.3 is 0 Å². The van der Waals surface area contributed by atoms with Crippen LogP contribution in [0.4, 0.5) is 5.69 Å². The largest absolute Gasteiger partial charge is 0.468 e. The summed E-state index contributed by atoms with van der Waals surface area (Å²) >= 11 is 3.37. The van der Waals surface area contributed by atoms with E-state index in [0.717, 1.165) is 34.6 Å². The molecule has 1 heterocycles. The number of halogens is 1. The Labute approximate surface area is 103 Å². The van der Waals surface area contributed by atoms with Gasteiger partial charge in [0.25, 0.3) is 0 Å². The number of rotatable bonds is 4. The molecule has 3 nitrogen and oxygen atoms in total. The summed E-state index contributed by atoms with van der Waals surface area (Å²) < 4.78 is 6.15. The average molecular weight is 281 g/mol. The average Bonchev–Trinajstić information content (AvgIpc) is 2.76. The first-order valence-corrected chi connectivity index (χ1v) is 5.82. The van der Waals surface area contributed by atoms with E-state index in [1.807, 2.05) is 30.3 Å². The predicted molar refractivity (Wildman–Crippen MR) is 67.8 cm³/mol. The van der Waals surface area contributed by atoms with E-state index >= 15 is 0 Å². The molecule has 2 aromatic rings. The molecular weight excluding hydrogens is 268 g/mol. The van der Waals surface area contributed by atoms with Crippen LogP contribution in [0, 0.1) is 0 Å². The summed E-state index contributed by atoms with van der Waals surface area (Å²) in [6.07, 6.45) is 1.68. The zero-order valence-corrected chi connectivity index (χ0v) is 10.3. The number of nitrogens with one attached hydrogen (secondary N) is 1. The van der Waals surface area contributed by atoms with Crippen molar-refractivity contribution < 1.29 is 4.42 Å². The van der Waals surface area contributed by atoms with E-state index in [9.17, 15) is 0 Å². The Morgan fingerprint density at radius 2 is 2.12 bits per heavy atom. The second-order valence-corrected chi connectivity index (χ2v) is 4.39. The number of furan rings is 1. The molecule has 0 atom stereocenters. The van der Waals surface area contributed by atoms with Crippen molar-refractivity contribution in [2.45, 2.75) is 13.1 Å². The Morgan fingerprint density at radius 3 is 2.81 bits per heavy atom. The van der Waals surface area contributed by atoms with E-state index in [-0.39, 0.29) is 0 Å². The van der Waals surface area contributed by atoms with Gasteiger partial charge in [0, 0.05) is 16.7 Å². The number of benzene rings is 1. The predicted octanol–water partition coefficient (Wildman–Crippen LogP) is 2.91. The maximum Gasteiger partial charge on any atom is 0.117 e. The van der Waals surface area contributed by atoms with Crippen molar-refractivity contribution in [3.8, 4) is 0 Å². The smallest absolute Gasteiger partial charge is 0.117 e. The van der Waals surface area contributed by atoms with Crippen molar-refractivity contribution in [1.82, 2.24) is 5.32 Å². The minimum absolute atomic E-state index is 0.725. The molecular formula is C12H13BrN2O. The minimum Gasteiger partial charge on any atom is -0.468 e.